The Bertz CT molecular complexity index is 1310. The number of amides is 3. The molecule has 2 aromatic carbocycles. The highest BCUT2D eigenvalue weighted by Gasteiger charge is 2.26. The van der Waals surface area contributed by atoms with Gasteiger partial charge in [0, 0.05) is 38.2 Å². The molecular weight excluding hydrogens is 560 g/mol. The first-order chi connectivity index (χ1) is 20.4. The number of guanidine groups is 2. The molecule has 11 N–H and O–H groups in total. The summed E-state index contributed by atoms with van der Waals surface area (Å²) in [6.45, 7) is 2.10. The molecule has 43 heavy (non-hydrogen) atoms. The van der Waals surface area contributed by atoms with E-state index < -0.39 is 34.7 Å². The number of aromatic hydroxyl groups is 1. The summed E-state index contributed by atoms with van der Waals surface area (Å²) >= 11 is 0. The van der Waals surface area contributed by atoms with Gasteiger partial charge in [-0.1, -0.05) is 24.3 Å². The molecule has 0 fully saturated rings. The van der Waals surface area contributed by atoms with Crippen molar-refractivity contribution in [2.75, 3.05) is 19.6 Å². The molecule has 0 aromatic heterocycles. The van der Waals surface area contributed by atoms with Crippen molar-refractivity contribution >= 4 is 35.3 Å². The normalized spacial score (nSPS) is 11.8. The van der Waals surface area contributed by atoms with E-state index in [4.69, 9.17) is 22.9 Å². The third-order valence-corrected chi connectivity index (χ3v) is 6.22. The largest absolute Gasteiger partial charge is 0.508 e. The Kier molecular flexibility index (Phi) is 13.2. The van der Waals surface area contributed by atoms with Crippen LogP contribution in [0.3, 0.4) is 0 Å². The third-order valence-electron chi connectivity index (χ3n) is 6.22. The van der Waals surface area contributed by atoms with Gasteiger partial charge in [0.05, 0.1) is 11.5 Å². The number of rotatable bonds is 16. The highest BCUT2D eigenvalue weighted by atomic mass is 16.6. The predicted octanol–water partition coefficient (Wildman–Crippen LogP) is -0.812. The third kappa shape index (κ3) is 11.9. The molecule has 0 radical (unpaired) electrons. The number of phenolic OH excluding ortho intramolecular Hbond substituents is 1. The molecule has 0 spiro atoms. The number of hydrogen-bond acceptors (Lipinski definition) is 8. The van der Waals surface area contributed by atoms with Gasteiger partial charge in [-0.25, -0.2) is 4.99 Å². The van der Waals surface area contributed by atoms with Gasteiger partial charge in [0.2, 0.25) is 17.7 Å². The summed E-state index contributed by atoms with van der Waals surface area (Å²) in [5.74, 6) is -2.05. The van der Waals surface area contributed by atoms with Crippen LogP contribution in [0, 0.1) is 10.1 Å². The lowest BCUT2D eigenvalue weighted by Gasteiger charge is -2.23. The van der Waals surface area contributed by atoms with Gasteiger partial charge in [-0.3, -0.25) is 29.5 Å². The molecule has 3 amide bonds. The number of likely N-dealkylation sites (N-methyl/N-ethyl adjacent to an activating group) is 1. The van der Waals surface area contributed by atoms with Crippen LogP contribution in [-0.2, 0) is 27.3 Å². The lowest BCUT2D eigenvalue weighted by atomic mass is 10.0. The van der Waals surface area contributed by atoms with E-state index in [0.717, 1.165) is 0 Å². The molecule has 0 bridgehead atoms. The molecule has 2 aromatic rings. The molecule has 0 unspecified atom stereocenters. The van der Waals surface area contributed by atoms with Gasteiger partial charge in [-0.05, 0) is 43.0 Å². The topological polar surface area (TPSA) is 271 Å². The average Bonchev–Trinajstić information content (AvgIpc) is 2.96. The number of carbonyl (C=O) groups excluding carboxylic acids is 3. The number of benzene rings is 2. The van der Waals surface area contributed by atoms with E-state index in [-0.39, 0.29) is 55.8 Å². The Labute approximate surface area is 248 Å². The van der Waals surface area contributed by atoms with Crippen LogP contribution in [0.2, 0.25) is 0 Å². The van der Waals surface area contributed by atoms with Crippen molar-refractivity contribution in [3.8, 4) is 5.75 Å². The van der Waals surface area contributed by atoms with E-state index in [2.05, 4.69) is 20.6 Å². The highest BCUT2D eigenvalue weighted by molar-refractivity contribution is 5.93. The summed E-state index contributed by atoms with van der Waals surface area (Å²) in [5, 5.41) is 25.6. The second-order valence-electron chi connectivity index (χ2n) is 9.50. The van der Waals surface area contributed by atoms with Gasteiger partial charge in [-0.15, -0.1) is 0 Å². The second-order valence-corrected chi connectivity index (χ2v) is 9.50. The van der Waals surface area contributed by atoms with Gasteiger partial charge in [-0.2, -0.15) is 0 Å². The van der Waals surface area contributed by atoms with Crippen LogP contribution in [0.15, 0.2) is 58.5 Å². The van der Waals surface area contributed by atoms with E-state index in [1.165, 1.54) is 29.2 Å². The van der Waals surface area contributed by atoms with Crippen LogP contribution >= 0.6 is 0 Å². The lowest BCUT2D eigenvalue weighted by molar-refractivity contribution is -0.384. The lowest BCUT2D eigenvalue weighted by Crippen LogP contribution is -2.52. The average molecular weight is 599 g/mol. The van der Waals surface area contributed by atoms with Gasteiger partial charge in [0.25, 0.3) is 5.69 Å². The van der Waals surface area contributed by atoms with Crippen LogP contribution in [0.5, 0.6) is 5.75 Å². The van der Waals surface area contributed by atoms with Crippen molar-refractivity contribution in [3.05, 3.63) is 69.8 Å². The summed E-state index contributed by atoms with van der Waals surface area (Å²) in [7, 11) is 0. The standard InChI is InChI=1S/C27H38N10O6/c1-2-36(16-18-5-9-19(10-6-18)37(42)43)23(39)15-33-24(40)21(4-3-13-32-26(28)29)34-25(41)22(35-27(30)31)14-17-7-11-20(38)12-8-17/h5-12,21-22,38H,2-4,13-16H2,1H3,(H,33,40)(H,34,41)(H4,28,29,32)(H4,30,31,35)/t21-,22+/m1/s1. The first-order valence-corrected chi connectivity index (χ1v) is 13.4. The fourth-order valence-corrected chi connectivity index (χ4v) is 3.99. The number of phenols is 1. The van der Waals surface area contributed by atoms with Crippen LogP contribution in [0.25, 0.3) is 0 Å². The van der Waals surface area contributed by atoms with Crippen LogP contribution in [-0.4, -0.2) is 76.3 Å². The van der Waals surface area contributed by atoms with Crippen molar-refractivity contribution < 1.29 is 24.4 Å². The monoisotopic (exact) mass is 598 g/mol. The molecule has 0 aliphatic carbocycles. The number of nitrogens with two attached hydrogens (primary N) is 4. The smallest absolute Gasteiger partial charge is 0.269 e. The zero-order valence-electron chi connectivity index (χ0n) is 23.8. The van der Waals surface area contributed by atoms with Crippen molar-refractivity contribution in [2.45, 2.75) is 44.8 Å². The summed E-state index contributed by atoms with van der Waals surface area (Å²) in [6, 6.07) is 9.79. The Balaban J connectivity index is 2.11. The minimum atomic E-state index is -1.08. The molecule has 0 heterocycles. The molecule has 0 saturated heterocycles. The van der Waals surface area contributed by atoms with E-state index in [0.29, 0.717) is 24.1 Å². The van der Waals surface area contributed by atoms with Gasteiger partial charge in [0.1, 0.15) is 17.8 Å². The SMILES string of the molecule is CCN(Cc1ccc([N+](=O)[O-])cc1)C(=O)CNC(=O)[C@@H](CCCN=C(N)N)NC(=O)[C@H](Cc1ccc(O)cc1)N=C(N)N. The molecule has 232 valence electrons. The number of nitrogens with one attached hydrogen (secondary N) is 2. The maximum Gasteiger partial charge on any atom is 0.269 e. The minimum Gasteiger partial charge on any atom is -0.508 e. The summed E-state index contributed by atoms with van der Waals surface area (Å²) < 4.78 is 0. The fraction of sp³-hybridized carbons (Fsp3) is 0.370. The minimum absolute atomic E-state index is 0.0491. The number of hydrogen-bond donors (Lipinski definition) is 7. The Morgan fingerprint density at radius 3 is 2.16 bits per heavy atom. The summed E-state index contributed by atoms with van der Waals surface area (Å²) in [6.07, 6.45) is 0.548. The number of nitrogens with zero attached hydrogens (tertiary/aromatic N) is 4. The summed E-state index contributed by atoms with van der Waals surface area (Å²) in [4.78, 5) is 59.0. The molecule has 16 nitrogen and oxygen atoms in total. The molecule has 0 saturated carbocycles. The number of nitro groups is 1. The predicted molar refractivity (Wildman–Crippen MR) is 160 cm³/mol. The molecule has 2 atom stereocenters. The van der Waals surface area contributed by atoms with E-state index in [1.807, 2.05) is 0 Å². The van der Waals surface area contributed by atoms with E-state index >= 15 is 0 Å². The molecule has 0 aliphatic rings. The van der Waals surface area contributed by atoms with Crippen LogP contribution < -0.4 is 33.6 Å². The van der Waals surface area contributed by atoms with Crippen molar-refractivity contribution in [2.24, 2.45) is 32.9 Å². The van der Waals surface area contributed by atoms with Crippen molar-refractivity contribution in [1.29, 1.82) is 0 Å². The number of nitro benzene ring substituents is 1. The zero-order chi connectivity index (χ0) is 31.9. The van der Waals surface area contributed by atoms with Crippen LogP contribution in [0.1, 0.15) is 30.9 Å². The fourth-order valence-electron chi connectivity index (χ4n) is 3.99. The summed E-state index contributed by atoms with van der Waals surface area (Å²) in [5.41, 5.74) is 23.1. The quantitative estimate of drug-likeness (QED) is 0.0415. The first kappa shape index (κ1) is 33.8. The van der Waals surface area contributed by atoms with Crippen molar-refractivity contribution in [1.82, 2.24) is 15.5 Å². The molecule has 16 heteroatoms. The Hall–Kier alpha value is -5.41. The molecule has 2 rings (SSSR count). The maximum absolute atomic E-state index is 13.2. The van der Waals surface area contributed by atoms with Crippen molar-refractivity contribution in [3.63, 3.8) is 0 Å². The number of aliphatic imine (C=N–C) groups is 2. The number of non-ortho nitro benzene ring substituents is 1. The zero-order valence-corrected chi connectivity index (χ0v) is 23.8. The van der Waals surface area contributed by atoms with Gasteiger partial charge < -0.3 is 43.6 Å². The van der Waals surface area contributed by atoms with Gasteiger partial charge >= 0.3 is 0 Å². The molecule has 0 aliphatic heterocycles. The Morgan fingerprint density at radius 2 is 1.60 bits per heavy atom. The van der Waals surface area contributed by atoms with Gasteiger partial charge in [0.15, 0.2) is 11.9 Å². The maximum atomic E-state index is 13.2. The van der Waals surface area contributed by atoms with E-state index in [9.17, 15) is 29.6 Å². The number of carbonyl (C=O) groups is 3. The van der Waals surface area contributed by atoms with Crippen LogP contribution in [0.4, 0.5) is 5.69 Å². The first-order valence-electron chi connectivity index (χ1n) is 13.4. The molecular formula is C27H38N10O6. The second kappa shape index (κ2) is 16.8. The van der Waals surface area contributed by atoms with E-state index in [1.54, 1.807) is 31.2 Å². The highest BCUT2D eigenvalue weighted by Crippen LogP contribution is 2.15. The Morgan fingerprint density at radius 1 is 0.977 bits per heavy atom.